The molecule has 0 saturated carbocycles. The molecule has 0 atom stereocenters. The summed E-state index contributed by atoms with van der Waals surface area (Å²) in [5.74, 6) is -1.32. The number of nitrogens with zero attached hydrogens (tertiary/aromatic N) is 3. The highest BCUT2D eigenvalue weighted by atomic mass is 16.5. The second kappa shape index (κ2) is 8.05. The van der Waals surface area contributed by atoms with Crippen LogP contribution in [0.1, 0.15) is 32.9 Å². The molecule has 28 heavy (non-hydrogen) atoms. The first kappa shape index (κ1) is 19.3. The molecule has 2 aromatic heterocycles. The van der Waals surface area contributed by atoms with Crippen molar-refractivity contribution in [2.75, 3.05) is 13.7 Å². The van der Waals surface area contributed by atoms with E-state index in [1.54, 1.807) is 14.0 Å². The van der Waals surface area contributed by atoms with Gasteiger partial charge in [0.25, 0.3) is 11.8 Å². The maximum atomic E-state index is 12.3. The summed E-state index contributed by atoms with van der Waals surface area (Å²) in [5, 5.41) is 28.2. The first-order chi connectivity index (χ1) is 13.4. The third-order valence-electron chi connectivity index (χ3n) is 4.31. The van der Waals surface area contributed by atoms with E-state index in [0.717, 1.165) is 0 Å². The van der Waals surface area contributed by atoms with Crippen molar-refractivity contribution < 1.29 is 29.0 Å². The number of furan rings is 1. The number of aryl methyl sites for hydroxylation is 1. The van der Waals surface area contributed by atoms with Crippen molar-refractivity contribution in [3.05, 3.63) is 47.4 Å². The molecule has 3 aromatic rings. The summed E-state index contributed by atoms with van der Waals surface area (Å²) in [7, 11) is 1.57. The van der Waals surface area contributed by atoms with Gasteiger partial charge in [-0.05, 0) is 37.6 Å². The van der Waals surface area contributed by atoms with Gasteiger partial charge >= 0.3 is 0 Å². The summed E-state index contributed by atoms with van der Waals surface area (Å²) < 4.78 is 11.3. The van der Waals surface area contributed by atoms with E-state index >= 15 is 0 Å². The monoisotopic (exact) mass is 385 g/mol. The molecular weight excluding hydrogens is 366 g/mol. The van der Waals surface area contributed by atoms with Crippen LogP contribution in [0.4, 0.5) is 0 Å². The minimum Gasteiger partial charge on any atom is -0.494 e. The van der Waals surface area contributed by atoms with Gasteiger partial charge in [-0.1, -0.05) is 0 Å². The van der Waals surface area contributed by atoms with Gasteiger partial charge in [0, 0.05) is 36.6 Å². The van der Waals surface area contributed by atoms with Crippen molar-refractivity contribution in [2.45, 2.75) is 19.9 Å². The third kappa shape index (κ3) is 3.65. The molecule has 9 nitrogen and oxygen atoms in total. The number of aromatic nitrogens is 1. The number of aromatic hydroxyl groups is 2. The Bertz CT molecular complexity index is 1060. The van der Waals surface area contributed by atoms with Crippen LogP contribution in [-0.2, 0) is 11.3 Å². The Kier molecular flexibility index (Phi) is 5.55. The molecule has 1 aromatic carbocycles. The molecule has 2 heterocycles. The SMILES string of the molecule is COCCCn1c(O)c2ccc(C(=O)N=NC(=O)c3ccoc3C)cc2c1O. The smallest absolute Gasteiger partial charge is 0.299 e. The van der Waals surface area contributed by atoms with E-state index in [4.69, 9.17) is 9.15 Å². The summed E-state index contributed by atoms with van der Waals surface area (Å²) in [6, 6.07) is 5.78. The fourth-order valence-electron chi connectivity index (χ4n) is 2.84. The molecule has 0 spiro atoms. The van der Waals surface area contributed by atoms with Crippen molar-refractivity contribution in [1.82, 2.24) is 4.57 Å². The van der Waals surface area contributed by atoms with Crippen LogP contribution in [0, 0.1) is 6.92 Å². The molecule has 146 valence electrons. The fourth-order valence-corrected chi connectivity index (χ4v) is 2.84. The number of amides is 2. The summed E-state index contributed by atoms with van der Waals surface area (Å²) in [4.78, 5) is 24.2. The highest BCUT2D eigenvalue weighted by Gasteiger charge is 2.18. The van der Waals surface area contributed by atoms with E-state index in [9.17, 15) is 19.8 Å². The number of methoxy groups -OCH3 is 1. The minimum absolute atomic E-state index is 0.102. The lowest BCUT2D eigenvalue weighted by molar-refractivity contribution is 0.0946. The molecule has 0 aliphatic rings. The number of ether oxygens (including phenoxy) is 1. The molecule has 3 rings (SSSR count). The van der Waals surface area contributed by atoms with Gasteiger partial charge in [-0.15, -0.1) is 10.2 Å². The Morgan fingerprint density at radius 1 is 1.11 bits per heavy atom. The summed E-state index contributed by atoms with van der Waals surface area (Å²) in [6.07, 6.45) is 1.94. The number of fused-ring (bicyclic) bond motifs is 1. The molecule has 9 heteroatoms. The average molecular weight is 385 g/mol. The van der Waals surface area contributed by atoms with Crippen molar-refractivity contribution >= 4 is 22.6 Å². The highest BCUT2D eigenvalue weighted by Crippen LogP contribution is 2.37. The zero-order chi connectivity index (χ0) is 20.3. The third-order valence-corrected chi connectivity index (χ3v) is 4.31. The standard InChI is InChI=1S/C19H19N3O6/c1-11-13(6-9-28-11)17(24)21-20-16(23)12-4-5-14-15(10-12)19(26)22(18(14)25)7-3-8-27-2/h4-6,9-10,25-26H,3,7-8H2,1-2H3. The predicted octanol–water partition coefficient (Wildman–Crippen LogP) is 3.42. The second-order valence-corrected chi connectivity index (χ2v) is 6.11. The van der Waals surface area contributed by atoms with Crippen molar-refractivity contribution in [3.8, 4) is 11.8 Å². The van der Waals surface area contributed by atoms with Gasteiger partial charge in [-0.2, -0.15) is 0 Å². The van der Waals surface area contributed by atoms with Crippen LogP contribution in [0.25, 0.3) is 10.8 Å². The largest absolute Gasteiger partial charge is 0.494 e. The van der Waals surface area contributed by atoms with Gasteiger partial charge in [-0.3, -0.25) is 14.2 Å². The average Bonchev–Trinajstić information content (AvgIpc) is 3.22. The normalized spacial score (nSPS) is 11.5. The van der Waals surface area contributed by atoms with Crippen LogP contribution in [0.5, 0.6) is 11.8 Å². The lowest BCUT2D eigenvalue weighted by Crippen LogP contribution is -2.00. The van der Waals surface area contributed by atoms with Gasteiger partial charge in [-0.25, -0.2) is 0 Å². The number of hydrogen-bond donors (Lipinski definition) is 2. The minimum atomic E-state index is -0.748. The Labute approximate surface area is 159 Å². The number of carbonyl (C=O) groups is 2. The summed E-state index contributed by atoms with van der Waals surface area (Å²) in [6.45, 7) is 2.43. The van der Waals surface area contributed by atoms with E-state index in [2.05, 4.69) is 10.2 Å². The number of benzene rings is 1. The Hall–Kier alpha value is -3.46. The summed E-state index contributed by atoms with van der Waals surface area (Å²) >= 11 is 0. The lowest BCUT2D eigenvalue weighted by atomic mass is 10.1. The van der Waals surface area contributed by atoms with E-state index < -0.39 is 11.8 Å². The molecule has 0 unspecified atom stereocenters. The van der Waals surface area contributed by atoms with Crippen LogP contribution in [0.2, 0.25) is 0 Å². The van der Waals surface area contributed by atoms with Crippen LogP contribution in [-0.4, -0.2) is 40.3 Å². The van der Waals surface area contributed by atoms with Crippen LogP contribution in [0.3, 0.4) is 0 Å². The van der Waals surface area contributed by atoms with Crippen LogP contribution in [0.15, 0.2) is 45.2 Å². The zero-order valence-electron chi connectivity index (χ0n) is 15.4. The fraction of sp³-hybridized carbons (Fsp3) is 0.263. The van der Waals surface area contributed by atoms with Crippen molar-refractivity contribution in [3.63, 3.8) is 0 Å². The Morgan fingerprint density at radius 2 is 1.82 bits per heavy atom. The Balaban J connectivity index is 1.84. The molecule has 0 fully saturated rings. The Morgan fingerprint density at radius 3 is 2.50 bits per heavy atom. The van der Waals surface area contributed by atoms with Gasteiger partial charge in [0.2, 0.25) is 11.8 Å². The second-order valence-electron chi connectivity index (χ2n) is 6.11. The number of carbonyl (C=O) groups excluding carboxylic acids is 2. The number of hydrogen-bond acceptors (Lipinski definition) is 6. The highest BCUT2D eigenvalue weighted by molar-refractivity contribution is 6.03. The molecule has 0 bridgehead atoms. The molecule has 2 amide bonds. The molecule has 2 N–H and O–H groups in total. The zero-order valence-corrected chi connectivity index (χ0v) is 15.4. The van der Waals surface area contributed by atoms with Crippen molar-refractivity contribution in [1.29, 1.82) is 0 Å². The van der Waals surface area contributed by atoms with E-state index in [1.807, 2.05) is 0 Å². The topological polar surface area (TPSA) is 127 Å². The van der Waals surface area contributed by atoms with Crippen LogP contribution >= 0.6 is 0 Å². The number of rotatable bonds is 6. The molecular formula is C19H19N3O6. The lowest BCUT2D eigenvalue weighted by Gasteiger charge is -2.05. The van der Waals surface area contributed by atoms with E-state index in [0.29, 0.717) is 36.1 Å². The van der Waals surface area contributed by atoms with Gasteiger partial charge < -0.3 is 19.4 Å². The van der Waals surface area contributed by atoms with E-state index in [1.165, 1.54) is 35.1 Å². The molecule has 0 aliphatic heterocycles. The van der Waals surface area contributed by atoms with Crippen LogP contribution < -0.4 is 0 Å². The van der Waals surface area contributed by atoms with E-state index in [-0.39, 0.29) is 22.9 Å². The van der Waals surface area contributed by atoms with Gasteiger partial charge in [0.1, 0.15) is 5.76 Å². The maximum absolute atomic E-state index is 12.3. The van der Waals surface area contributed by atoms with Gasteiger partial charge in [0.15, 0.2) is 0 Å². The predicted molar refractivity (Wildman–Crippen MR) is 98.7 cm³/mol. The maximum Gasteiger partial charge on any atom is 0.299 e. The van der Waals surface area contributed by atoms with Gasteiger partial charge in [0.05, 0.1) is 11.8 Å². The number of azo groups is 1. The molecule has 0 aliphatic carbocycles. The quantitative estimate of drug-likeness (QED) is 0.494. The summed E-state index contributed by atoms with van der Waals surface area (Å²) in [5.41, 5.74) is 0.347. The first-order valence-corrected chi connectivity index (χ1v) is 8.51. The molecule has 0 radical (unpaired) electrons. The molecule has 0 saturated heterocycles. The van der Waals surface area contributed by atoms with Crippen molar-refractivity contribution in [2.24, 2.45) is 10.2 Å². The first-order valence-electron chi connectivity index (χ1n) is 8.51.